The summed E-state index contributed by atoms with van der Waals surface area (Å²) in [6.07, 6.45) is 1.79. The molecule has 1 aromatic heterocycles. The fourth-order valence-corrected chi connectivity index (χ4v) is 2.10. The summed E-state index contributed by atoms with van der Waals surface area (Å²) in [5.41, 5.74) is 7.67. The van der Waals surface area contributed by atoms with Crippen LogP contribution in [-0.2, 0) is 6.42 Å². The Hall–Kier alpha value is -2.17. The van der Waals surface area contributed by atoms with Crippen LogP contribution in [0.5, 0.6) is 11.5 Å². The summed E-state index contributed by atoms with van der Waals surface area (Å²) in [7, 11) is 0. The number of rotatable bonds is 3. The first kappa shape index (κ1) is 11.0. The smallest absolute Gasteiger partial charge is 0.231 e. The maximum absolute atomic E-state index is 5.87. The van der Waals surface area contributed by atoms with Gasteiger partial charge in [-0.25, -0.2) is 0 Å². The zero-order chi connectivity index (χ0) is 12.5. The largest absolute Gasteiger partial charge is 0.454 e. The maximum Gasteiger partial charge on any atom is 0.231 e. The monoisotopic (exact) mass is 246 g/mol. The van der Waals surface area contributed by atoms with Crippen molar-refractivity contribution in [3.63, 3.8) is 0 Å². The number of nitrogen functional groups attached to an aromatic ring is 1. The summed E-state index contributed by atoms with van der Waals surface area (Å²) >= 11 is 0. The topological polar surface area (TPSA) is 70.5 Å². The summed E-state index contributed by atoms with van der Waals surface area (Å²) in [4.78, 5) is 0. The van der Waals surface area contributed by atoms with Gasteiger partial charge in [0, 0.05) is 6.42 Å². The predicted octanol–water partition coefficient (Wildman–Crippen LogP) is 2.61. The first-order chi connectivity index (χ1) is 8.79. The van der Waals surface area contributed by atoms with Gasteiger partial charge in [0.25, 0.3) is 0 Å². The highest BCUT2D eigenvalue weighted by Crippen LogP contribution is 2.38. The number of benzene rings is 1. The second-order valence-corrected chi connectivity index (χ2v) is 4.18. The molecule has 0 saturated carbocycles. The van der Waals surface area contributed by atoms with E-state index in [9.17, 15) is 0 Å². The molecule has 0 saturated heterocycles. The molecule has 94 valence electrons. The minimum atomic E-state index is 0.264. The molecule has 1 aliphatic heterocycles. The number of aryl methyl sites for hydroxylation is 1. The lowest BCUT2D eigenvalue weighted by atomic mass is 10.0. The molecule has 0 spiro atoms. The Morgan fingerprint density at radius 3 is 2.94 bits per heavy atom. The molecule has 0 fully saturated rings. The van der Waals surface area contributed by atoms with Crippen LogP contribution in [0.3, 0.4) is 0 Å². The normalized spacial score (nSPS) is 12.9. The van der Waals surface area contributed by atoms with Gasteiger partial charge in [0.05, 0.1) is 5.56 Å². The van der Waals surface area contributed by atoms with Crippen LogP contribution < -0.4 is 15.2 Å². The van der Waals surface area contributed by atoms with E-state index in [2.05, 4.69) is 12.1 Å². The average Bonchev–Trinajstić information content (AvgIpc) is 2.96. The summed E-state index contributed by atoms with van der Waals surface area (Å²) in [6.45, 7) is 2.35. The van der Waals surface area contributed by atoms with Crippen molar-refractivity contribution >= 4 is 5.82 Å². The average molecular weight is 246 g/mol. The SMILES string of the molecule is CCCc1onc(N)c1-c1ccc2c(c1)OCO2. The van der Waals surface area contributed by atoms with Gasteiger partial charge >= 0.3 is 0 Å². The molecule has 1 aromatic carbocycles. The zero-order valence-corrected chi connectivity index (χ0v) is 10.1. The molecular weight excluding hydrogens is 232 g/mol. The fourth-order valence-electron chi connectivity index (χ4n) is 2.10. The van der Waals surface area contributed by atoms with E-state index < -0.39 is 0 Å². The standard InChI is InChI=1S/C13H14N2O3/c1-2-3-10-12(13(14)15-18-10)8-4-5-9-11(6-8)17-7-16-9/h4-6H,2-3,7H2,1H3,(H2,14,15). The first-order valence-corrected chi connectivity index (χ1v) is 5.93. The van der Waals surface area contributed by atoms with Gasteiger partial charge < -0.3 is 19.7 Å². The molecule has 18 heavy (non-hydrogen) atoms. The first-order valence-electron chi connectivity index (χ1n) is 5.93. The van der Waals surface area contributed by atoms with E-state index in [0.717, 1.165) is 41.2 Å². The molecule has 0 unspecified atom stereocenters. The quantitative estimate of drug-likeness (QED) is 0.901. The van der Waals surface area contributed by atoms with E-state index in [1.54, 1.807) is 0 Å². The number of ether oxygens (including phenoxy) is 2. The third kappa shape index (κ3) is 1.68. The molecule has 2 aromatic rings. The van der Waals surface area contributed by atoms with Crippen molar-refractivity contribution in [2.45, 2.75) is 19.8 Å². The van der Waals surface area contributed by atoms with Crippen LogP contribution in [0, 0.1) is 0 Å². The third-order valence-corrected chi connectivity index (χ3v) is 2.93. The number of fused-ring (bicyclic) bond motifs is 1. The second kappa shape index (κ2) is 4.25. The number of aromatic nitrogens is 1. The van der Waals surface area contributed by atoms with Crippen molar-refractivity contribution in [2.24, 2.45) is 0 Å². The van der Waals surface area contributed by atoms with Crippen molar-refractivity contribution in [3.8, 4) is 22.6 Å². The van der Waals surface area contributed by atoms with Crippen LogP contribution in [0.15, 0.2) is 22.7 Å². The highest BCUT2D eigenvalue weighted by molar-refractivity contribution is 5.77. The van der Waals surface area contributed by atoms with Gasteiger partial charge in [0.2, 0.25) is 6.79 Å². The van der Waals surface area contributed by atoms with Crippen molar-refractivity contribution in [3.05, 3.63) is 24.0 Å². The van der Waals surface area contributed by atoms with Gasteiger partial charge in [-0.1, -0.05) is 18.1 Å². The molecule has 0 radical (unpaired) electrons. The molecule has 2 N–H and O–H groups in total. The van der Waals surface area contributed by atoms with E-state index in [0.29, 0.717) is 5.82 Å². The number of nitrogens with zero attached hydrogens (tertiary/aromatic N) is 1. The number of anilines is 1. The third-order valence-electron chi connectivity index (χ3n) is 2.93. The van der Waals surface area contributed by atoms with Crippen LogP contribution >= 0.6 is 0 Å². The Morgan fingerprint density at radius 1 is 1.28 bits per heavy atom. The summed E-state index contributed by atoms with van der Waals surface area (Å²) in [5, 5.41) is 3.84. The van der Waals surface area contributed by atoms with Crippen LogP contribution in [0.4, 0.5) is 5.82 Å². The Bertz CT molecular complexity index is 578. The van der Waals surface area contributed by atoms with Crippen LogP contribution in [-0.4, -0.2) is 11.9 Å². The molecule has 0 amide bonds. The van der Waals surface area contributed by atoms with Gasteiger partial charge in [-0.3, -0.25) is 0 Å². The van der Waals surface area contributed by atoms with E-state index in [1.807, 2.05) is 18.2 Å². The molecule has 5 heteroatoms. The van der Waals surface area contributed by atoms with Crippen LogP contribution in [0.1, 0.15) is 19.1 Å². The lowest BCUT2D eigenvalue weighted by Gasteiger charge is -2.03. The lowest BCUT2D eigenvalue weighted by Crippen LogP contribution is -1.93. The molecule has 0 atom stereocenters. The van der Waals surface area contributed by atoms with E-state index in [1.165, 1.54) is 0 Å². The zero-order valence-electron chi connectivity index (χ0n) is 10.1. The lowest BCUT2D eigenvalue weighted by molar-refractivity contribution is 0.174. The molecule has 0 bridgehead atoms. The van der Waals surface area contributed by atoms with Gasteiger partial charge in [-0.2, -0.15) is 0 Å². The van der Waals surface area contributed by atoms with Crippen molar-refractivity contribution in [1.82, 2.24) is 5.16 Å². The molecular formula is C13H14N2O3. The molecule has 5 nitrogen and oxygen atoms in total. The fraction of sp³-hybridized carbons (Fsp3) is 0.308. The van der Waals surface area contributed by atoms with Gasteiger partial charge in [-0.15, -0.1) is 0 Å². The Labute approximate surface area is 104 Å². The summed E-state index contributed by atoms with van der Waals surface area (Å²) < 4.78 is 15.9. The Balaban J connectivity index is 2.06. The van der Waals surface area contributed by atoms with Gasteiger partial charge in [0.1, 0.15) is 5.76 Å². The van der Waals surface area contributed by atoms with Crippen molar-refractivity contribution in [1.29, 1.82) is 0 Å². The van der Waals surface area contributed by atoms with Crippen LogP contribution in [0.2, 0.25) is 0 Å². The van der Waals surface area contributed by atoms with E-state index in [4.69, 9.17) is 19.7 Å². The highest BCUT2D eigenvalue weighted by Gasteiger charge is 2.19. The number of nitrogens with two attached hydrogens (primary N) is 1. The van der Waals surface area contributed by atoms with Crippen molar-refractivity contribution < 1.29 is 14.0 Å². The van der Waals surface area contributed by atoms with E-state index in [-0.39, 0.29) is 6.79 Å². The molecule has 0 aliphatic carbocycles. The van der Waals surface area contributed by atoms with Crippen molar-refractivity contribution in [2.75, 3.05) is 12.5 Å². The van der Waals surface area contributed by atoms with Gasteiger partial charge in [-0.05, 0) is 24.1 Å². The number of hydrogen-bond donors (Lipinski definition) is 1. The summed E-state index contributed by atoms with van der Waals surface area (Å²) in [6, 6.07) is 5.72. The second-order valence-electron chi connectivity index (χ2n) is 4.18. The molecule has 1 aliphatic rings. The maximum atomic E-state index is 5.87. The predicted molar refractivity (Wildman–Crippen MR) is 66.5 cm³/mol. The Morgan fingerprint density at radius 2 is 2.11 bits per heavy atom. The molecule has 2 heterocycles. The van der Waals surface area contributed by atoms with E-state index >= 15 is 0 Å². The number of hydrogen-bond acceptors (Lipinski definition) is 5. The molecule has 3 rings (SSSR count). The van der Waals surface area contributed by atoms with Gasteiger partial charge in [0.15, 0.2) is 17.3 Å². The minimum Gasteiger partial charge on any atom is -0.454 e. The minimum absolute atomic E-state index is 0.264. The summed E-state index contributed by atoms with van der Waals surface area (Å²) in [5.74, 6) is 2.72. The Kier molecular flexibility index (Phi) is 2.59. The van der Waals surface area contributed by atoms with Crippen LogP contribution in [0.25, 0.3) is 11.1 Å². The highest BCUT2D eigenvalue weighted by atomic mass is 16.7.